The summed E-state index contributed by atoms with van der Waals surface area (Å²) < 4.78 is 15.9. The summed E-state index contributed by atoms with van der Waals surface area (Å²) in [6.45, 7) is 13.9. The first-order valence-electron chi connectivity index (χ1n) is 12.1. The van der Waals surface area contributed by atoms with E-state index in [9.17, 15) is 14.4 Å². The lowest BCUT2D eigenvalue weighted by Crippen LogP contribution is -2.50. The topological polar surface area (TPSA) is 97.4 Å². The Hall–Kier alpha value is -2.65. The van der Waals surface area contributed by atoms with E-state index in [4.69, 9.17) is 14.2 Å². The van der Waals surface area contributed by atoms with Crippen LogP contribution in [-0.4, -0.2) is 80.0 Å². The van der Waals surface area contributed by atoms with Gasteiger partial charge in [0, 0.05) is 45.5 Å². The van der Waals surface area contributed by atoms with Gasteiger partial charge in [0.05, 0.1) is 6.54 Å². The van der Waals surface area contributed by atoms with Crippen LogP contribution < -0.4 is 10.2 Å². The van der Waals surface area contributed by atoms with Crippen molar-refractivity contribution >= 4 is 23.7 Å². The van der Waals surface area contributed by atoms with Crippen molar-refractivity contribution in [2.24, 2.45) is 0 Å². The molecule has 2 amide bonds. The number of esters is 1. The van der Waals surface area contributed by atoms with Gasteiger partial charge in [-0.2, -0.15) is 0 Å². The highest BCUT2D eigenvalue weighted by Crippen LogP contribution is 2.20. The molecule has 9 nitrogen and oxygen atoms in total. The number of carbonyl (C=O) groups is 3. The Bertz CT molecular complexity index is 857. The molecule has 1 aliphatic rings. The number of methoxy groups -OCH3 is 1. The fraction of sp³-hybridized carbons (Fsp3) is 0.654. The van der Waals surface area contributed by atoms with E-state index in [1.807, 2.05) is 24.3 Å². The second kappa shape index (κ2) is 12.4. The molecule has 1 unspecified atom stereocenters. The summed E-state index contributed by atoms with van der Waals surface area (Å²) in [4.78, 5) is 41.7. The Balaban J connectivity index is 2.05. The van der Waals surface area contributed by atoms with Crippen LogP contribution in [0.4, 0.5) is 10.5 Å². The van der Waals surface area contributed by atoms with Crippen molar-refractivity contribution < 1.29 is 28.6 Å². The lowest BCUT2D eigenvalue weighted by molar-refractivity contribution is -0.157. The summed E-state index contributed by atoms with van der Waals surface area (Å²) in [5, 5.41) is 2.64. The smallest absolute Gasteiger partial charge is 0.408 e. The summed E-state index contributed by atoms with van der Waals surface area (Å²) in [5.74, 6) is -0.480. The maximum Gasteiger partial charge on any atom is 0.408 e. The molecular formula is C26H41N3O6. The molecule has 0 spiro atoms. The van der Waals surface area contributed by atoms with E-state index in [1.165, 1.54) is 0 Å². The van der Waals surface area contributed by atoms with Crippen LogP contribution in [0.5, 0.6) is 0 Å². The summed E-state index contributed by atoms with van der Waals surface area (Å²) >= 11 is 0. The van der Waals surface area contributed by atoms with Crippen LogP contribution in [0.1, 0.15) is 53.5 Å². The Morgan fingerprint density at radius 1 is 1.00 bits per heavy atom. The van der Waals surface area contributed by atoms with Crippen LogP contribution in [0.15, 0.2) is 24.3 Å². The second-order valence-electron chi connectivity index (χ2n) is 10.8. The van der Waals surface area contributed by atoms with Gasteiger partial charge in [-0.25, -0.2) is 9.59 Å². The van der Waals surface area contributed by atoms with Gasteiger partial charge in [0.1, 0.15) is 17.2 Å². The van der Waals surface area contributed by atoms with Crippen LogP contribution in [-0.2, 0) is 30.2 Å². The van der Waals surface area contributed by atoms with Gasteiger partial charge in [0.25, 0.3) is 0 Å². The first kappa shape index (κ1) is 28.6. The predicted molar refractivity (Wildman–Crippen MR) is 134 cm³/mol. The minimum Gasteiger partial charge on any atom is -0.458 e. The third-order valence-electron chi connectivity index (χ3n) is 5.19. The Kier molecular flexibility index (Phi) is 10.1. The van der Waals surface area contributed by atoms with Gasteiger partial charge in [-0.3, -0.25) is 9.69 Å². The summed E-state index contributed by atoms with van der Waals surface area (Å²) in [7, 11) is 1.68. The van der Waals surface area contributed by atoms with E-state index in [2.05, 4.69) is 10.2 Å². The van der Waals surface area contributed by atoms with Gasteiger partial charge in [0.15, 0.2) is 0 Å². The van der Waals surface area contributed by atoms with Gasteiger partial charge in [-0.1, -0.05) is 12.1 Å². The molecule has 1 heterocycles. The van der Waals surface area contributed by atoms with Gasteiger partial charge >= 0.3 is 12.1 Å². The summed E-state index contributed by atoms with van der Waals surface area (Å²) in [6, 6.07) is 6.55. The largest absolute Gasteiger partial charge is 0.458 e. The molecule has 1 saturated heterocycles. The molecule has 1 aliphatic heterocycles. The number of nitrogens with one attached hydrogen (secondary N) is 1. The number of hydrogen-bond acceptors (Lipinski definition) is 7. The van der Waals surface area contributed by atoms with Crippen LogP contribution in [0.3, 0.4) is 0 Å². The average Bonchev–Trinajstić information content (AvgIpc) is 2.72. The third kappa shape index (κ3) is 10.2. The van der Waals surface area contributed by atoms with Crippen molar-refractivity contribution in [3.63, 3.8) is 0 Å². The average molecular weight is 492 g/mol. The van der Waals surface area contributed by atoms with E-state index < -0.39 is 29.3 Å². The SMILES string of the molecule is COCCCN1CCN(c2ccc(CC(NC(=O)OC(C)(C)C)C(=O)OC(C)(C)C)cc2)C(=O)C1. The van der Waals surface area contributed by atoms with E-state index in [-0.39, 0.29) is 12.3 Å². The van der Waals surface area contributed by atoms with E-state index in [0.29, 0.717) is 19.7 Å². The summed E-state index contributed by atoms with van der Waals surface area (Å²) in [6.07, 6.45) is 0.448. The highest BCUT2D eigenvalue weighted by molar-refractivity contribution is 5.95. The number of benzene rings is 1. The Labute approximate surface area is 209 Å². The molecule has 9 heteroatoms. The normalized spacial score (nSPS) is 16.1. The molecule has 1 fully saturated rings. The highest BCUT2D eigenvalue weighted by Gasteiger charge is 2.29. The van der Waals surface area contributed by atoms with Gasteiger partial charge in [-0.05, 0) is 65.7 Å². The fourth-order valence-electron chi connectivity index (χ4n) is 3.68. The van der Waals surface area contributed by atoms with Crippen molar-refractivity contribution in [1.29, 1.82) is 0 Å². The van der Waals surface area contributed by atoms with E-state index in [0.717, 1.165) is 30.8 Å². The molecule has 1 atom stereocenters. The zero-order chi connectivity index (χ0) is 26.2. The Morgan fingerprint density at radius 2 is 1.63 bits per heavy atom. The fourth-order valence-corrected chi connectivity index (χ4v) is 3.68. The number of piperazine rings is 1. The minimum atomic E-state index is -0.910. The molecule has 0 aromatic heterocycles. The molecule has 1 N–H and O–H groups in total. The zero-order valence-corrected chi connectivity index (χ0v) is 22.2. The number of hydrogen-bond donors (Lipinski definition) is 1. The van der Waals surface area contributed by atoms with Crippen molar-refractivity contribution in [3.05, 3.63) is 29.8 Å². The van der Waals surface area contributed by atoms with Crippen molar-refractivity contribution in [3.8, 4) is 0 Å². The number of alkyl carbamates (subject to hydrolysis) is 1. The first-order valence-corrected chi connectivity index (χ1v) is 12.1. The lowest BCUT2D eigenvalue weighted by Gasteiger charge is -2.34. The van der Waals surface area contributed by atoms with Crippen LogP contribution >= 0.6 is 0 Å². The van der Waals surface area contributed by atoms with Gasteiger partial charge in [0.2, 0.25) is 5.91 Å². The third-order valence-corrected chi connectivity index (χ3v) is 5.19. The molecule has 0 radical (unpaired) electrons. The number of nitrogens with zero attached hydrogens (tertiary/aromatic N) is 2. The van der Waals surface area contributed by atoms with Crippen molar-refractivity contribution in [1.82, 2.24) is 10.2 Å². The molecule has 0 bridgehead atoms. The standard InChI is InChI=1S/C26H41N3O6/c1-25(2,3)34-23(31)21(27-24(32)35-26(4,5)6)17-19-9-11-20(12-10-19)29-15-14-28(18-22(29)30)13-8-16-33-7/h9-12,21H,8,13-18H2,1-7H3,(H,27,32). The van der Waals surface area contributed by atoms with Gasteiger partial charge in [-0.15, -0.1) is 0 Å². The summed E-state index contributed by atoms with van der Waals surface area (Å²) in [5.41, 5.74) is 0.251. The van der Waals surface area contributed by atoms with Crippen molar-refractivity contribution in [2.75, 3.05) is 44.8 Å². The number of ether oxygens (including phenoxy) is 3. The van der Waals surface area contributed by atoms with E-state index in [1.54, 1.807) is 53.6 Å². The number of amides is 2. The van der Waals surface area contributed by atoms with E-state index >= 15 is 0 Å². The zero-order valence-electron chi connectivity index (χ0n) is 22.2. The molecule has 2 rings (SSSR count). The number of rotatable bonds is 9. The number of anilines is 1. The molecule has 1 aromatic rings. The molecule has 196 valence electrons. The molecule has 0 aliphatic carbocycles. The maximum absolute atomic E-state index is 12.8. The maximum atomic E-state index is 12.8. The predicted octanol–water partition coefficient (Wildman–Crippen LogP) is 3.15. The molecule has 0 saturated carbocycles. The van der Waals surface area contributed by atoms with Gasteiger partial charge < -0.3 is 24.4 Å². The second-order valence-corrected chi connectivity index (χ2v) is 10.8. The molecular weight excluding hydrogens is 450 g/mol. The highest BCUT2D eigenvalue weighted by atomic mass is 16.6. The minimum absolute atomic E-state index is 0.0552. The van der Waals surface area contributed by atoms with Crippen LogP contribution in [0.25, 0.3) is 0 Å². The van der Waals surface area contributed by atoms with Crippen LogP contribution in [0.2, 0.25) is 0 Å². The molecule has 1 aromatic carbocycles. The number of carbonyl (C=O) groups excluding carboxylic acids is 3. The molecule has 35 heavy (non-hydrogen) atoms. The monoisotopic (exact) mass is 491 g/mol. The van der Waals surface area contributed by atoms with Crippen molar-refractivity contribution in [2.45, 2.75) is 71.6 Å². The quantitative estimate of drug-likeness (QED) is 0.419. The van der Waals surface area contributed by atoms with Crippen LogP contribution in [0, 0.1) is 0 Å². The Morgan fingerprint density at radius 3 is 2.17 bits per heavy atom. The lowest BCUT2D eigenvalue weighted by atomic mass is 10.0. The first-order chi connectivity index (χ1) is 16.3.